The molecule has 5 rings (SSSR count). The number of alkyl halides is 3. The Balaban J connectivity index is 1.34. The highest BCUT2D eigenvalue weighted by atomic mass is 19.4. The molecule has 0 radical (unpaired) electrons. The summed E-state index contributed by atoms with van der Waals surface area (Å²) in [5.41, 5.74) is 4.39. The second kappa shape index (κ2) is 12.8. The van der Waals surface area contributed by atoms with Crippen LogP contribution in [0.4, 0.5) is 24.5 Å². The van der Waals surface area contributed by atoms with E-state index < -0.39 is 11.7 Å². The summed E-state index contributed by atoms with van der Waals surface area (Å²) in [6.07, 6.45) is 7.50. The van der Waals surface area contributed by atoms with Crippen LogP contribution in [0.5, 0.6) is 0 Å². The van der Waals surface area contributed by atoms with Gasteiger partial charge in [0.25, 0.3) is 0 Å². The monoisotopic (exact) mass is 614 g/mol. The summed E-state index contributed by atoms with van der Waals surface area (Å²) < 4.78 is 43.4. The van der Waals surface area contributed by atoms with Gasteiger partial charge < -0.3 is 19.8 Å². The molecule has 0 aliphatic carbocycles. The zero-order valence-corrected chi connectivity index (χ0v) is 25.0. The number of nitrogens with one attached hydrogen (secondary N) is 2. The maximum Gasteiger partial charge on any atom is 0.416 e. The first-order chi connectivity index (χ1) is 21.5. The normalized spacial score (nSPS) is 12.3. The molecule has 0 fully saturated rings. The minimum Gasteiger partial charge on any atom is -0.332 e. The van der Waals surface area contributed by atoms with Gasteiger partial charge in [-0.1, -0.05) is 20.1 Å². The number of benzene rings is 1. The van der Waals surface area contributed by atoms with Gasteiger partial charge in [-0.3, -0.25) is 9.59 Å². The summed E-state index contributed by atoms with van der Waals surface area (Å²) in [6, 6.07) is 8.71. The van der Waals surface area contributed by atoms with Crippen LogP contribution in [0, 0.1) is 12.8 Å². The lowest BCUT2D eigenvalue weighted by molar-refractivity contribution is -0.137. The zero-order valence-electron chi connectivity index (χ0n) is 25.0. The van der Waals surface area contributed by atoms with Crippen molar-refractivity contribution in [2.75, 3.05) is 10.6 Å². The maximum atomic E-state index is 13.2. The first-order valence-corrected chi connectivity index (χ1v) is 14.5. The molecule has 45 heavy (non-hydrogen) atoms. The Labute approximate surface area is 258 Å². The van der Waals surface area contributed by atoms with E-state index in [2.05, 4.69) is 51.4 Å². The van der Waals surface area contributed by atoms with Gasteiger partial charge >= 0.3 is 6.18 Å². The fraction of sp³-hybridized carbons (Fsp3) is 0.235. The number of nitrogens with zero attached hydrogens (tertiary/aromatic N) is 4. The van der Waals surface area contributed by atoms with Crippen LogP contribution in [-0.2, 0) is 28.7 Å². The third-order valence-electron chi connectivity index (χ3n) is 7.79. The Kier molecular flexibility index (Phi) is 8.89. The lowest BCUT2D eigenvalue weighted by Gasteiger charge is -2.12. The van der Waals surface area contributed by atoms with E-state index in [0.717, 1.165) is 59.1 Å². The summed E-state index contributed by atoms with van der Waals surface area (Å²) in [5.74, 6) is -0.332. The van der Waals surface area contributed by atoms with Crippen molar-refractivity contribution in [3.05, 3.63) is 103 Å². The number of halogens is 3. The zero-order chi connectivity index (χ0) is 32.3. The van der Waals surface area contributed by atoms with Crippen LogP contribution in [0.1, 0.15) is 36.5 Å². The molecule has 0 spiro atoms. The van der Waals surface area contributed by atoms with Crippen LogP contribution in [0.25, 0.3) is 27.8 Å². The molecule has 2 N–H and O–H groups in total. The molecule has 1 atom stereocenters. The molecule has 1 unspecified atom stereocenters. The molecule has 11 heteroatoms. The predicted octanol–water partition coefficient (Wildman–Crippen LogP) is 7.61. The Morgan fingerprint density at radius 3 is 2.11 bits per heavy atom. The standard InChI is InChI=1S/C34H33F3N6O2/c1-5-30(44)40-25-15-28-22(4)19-42(32(28)38-17-25)14-13-21(3)7-8-23-20-43(27-11-9-24(10-12-27)34(35,36)37)33-29(23)16-26(18-39-33)41-31(45)6-2/h5-6,9-12,15-21H,1-2,7-8,13-14H2,3-4H3,(H,40,44)(H,41,45). The Hall–Kier alpha value is -5.19. The summed E-state index contributed by atoms with van der Waals surface area (Å²) >= 11 is 0. The largest absolute Gasteiger partial charge is 0.416 e. The number of pyridine rings is 2. The van der Waals surface area contributed by atoms with E-state index in [0.29, 0.717) is 35.0 Å². The quantitative estimate of drug-likeness (QED) is 0.150. The molecule has 8 nitrogen and oxygen atoms in total. The van der Waals surface area contributed by atoms with Crippen molar-refractivity contribution in [2.45, 2.75) is 45.8 Å². The number of carbonyl (C=O) groups is 2. The predicted molar refractivity (Wildman–Crippen MR) is 170 cm³/mol. The molecular weight excluding hydrogens is 581 g/mol. The fourth-order valence-electron chi connectivity index (χ4n) is 5.32. The highest BCUT2D eigenvalue weighted by Gasteiger charge is 2.30. The first-order valence-electron chi connectivity index (χ1n) is 14.5. The van der Waals surface area contributed by atoms with Gasteiger partial charge in [0.1, 0.15) is 11.3 Å². The van der Waals surface area contributed by atoms with Gasteiger partial charge in [0, 0.05) is 35.4 Å². The molecule has 4 aromatic heterocycles. The summed E-state index contributed by atoms with van der Waals surface area (Å²) in [5, 5.41) is 7.25. The van der Waals surface area contributed by atoms with Crippen molar-refractivity contribution in [3.8, 4) is 5.69 Å². The van der Waals surface area contributed by atoms with E-state index in [9.17, 15) is 22.8 Å². The number of aromatic nitrogens is 4. The topological polar surface area (TPSA) is 93.8 Å². The minimum atomic E-state index is -4.43. The third-order valence-corrected chi connectivity index (χ3v) is 7.79. The Morgan fingerprint density at radius 2 is 1.51 bits per heavy atom. The molecule has 0 aliphatic heterocycles. The van der Waals surface area contributed by atoms with Crippen LogP contribution >= 0.6 is 0 Å². The average molecular weight is 615 g/mol. The Bertz CT molecular complexity index is 1900. The van der Waals surface area contributed by atoms with E-state index in [1.165, 1.54) is 30.5 Å². The second-order valence-electron chi connectivity index (χ2n) is 11.1. The van der Waals surface area contributed by atoms with Crippen LogP contribution in [0.2, 0.25) is 0 Å². The van der Waals surface area contributed by atoms with Crippen molar-refractivity contribution in [1.29, 1.82) is 0 Å². The minimum absolute atomic E-state index is 0.293. The van der Waals surface area contributed by atoms with Gasteiger partial charge in [-0.15, -0.1) is 0 Å². The summed E-state index contributed by atoms with van der Waals surface area (Å²) in [7, 11) is 0. The number of rotatable bonds is 11. The molecular formula is C34H33F3N6O2. The van der Waals surface area contributed by atoms with Crippen molar-refractivity contribution in [1.82, 2.24) is 19.1 Å². The third kappa shape index (κ3) is 6.98. The summed E-state index contributed by atoms with van der Waals surface area (Å²) in [4.78, 5) is 32.7. The van der Waals surface area contributed by atoms with Crippen LogP contribution in [-0.4, -0.2) is 30.9 Å². The number of amides is 2. The average Bonchev–Trinajstić information content (AvgIpc) is 3.54. The molecule has 4 heterocycles. The number of fused-ring (bicyclic) bond motifs is 2. The molecule has 2 amide bonds. The van der Waals surface area contributed by atoms with Crippen molar-refractivity contribution in [3.63, 3.8) is 0 Å². The van der Waals surface area contributed by atoms with Crippen LogP contribution in [0.3, 0.4) is 0 Å². The van der Waals surface area contributed by atoms with E-state index in [1.807, 2.05) is 25.3 Å². The second-order valence-corrected chi connectivity index (χ2v) is 11.1. The molecule has 0 saturated heterocycles. The molecule has 0 bridgehead atoms. The first kappa shape index (κ1) is 31.2. The van der Waals surface area contributed by atoms with Gasteiger partial charge in [0.2, 0.25) is 11.8 Å². The number of hydrogen-bond donors (Lipinski definition) is 2. The van der Waals surface area contributed by atoms with Gasteiger partial charge in [0.05, 0.1) is 29.3 Å². The SMILES string of the molecule is C=CC(=O)Nc1cnc2c(c1)c(C)cn2CCC(C)CCc1cn(-c2ccc(C(F)(F)F)cc2)c2ncc(NC(=O)C=C)cc12. The summed E-state index contributed by atoms with van der Waals surface area (Å²) in [6.45, 7) is 11.9. The fourth-order valence-corrected chi connectivity index (χ4v) is 5.32. The highest BCUT2D eigenvalue weighted by molar-refractivity contribution is 6.00. The number of carbonyl (C=O) groups excluding carboxylic acids is 2. The number of aryl methyl sites for hydroxylation is 3. The van der Waals surface area contributed by atoms with Crippen LogP contribution < -0.4 is 10.6 Å². The van der Waals surface area contributed by atoms with Gasteiger partial charge in [-0.05, 0) is 91.8 Å². The van der Waals surface area contributed by atoms with Gasteiger partial charge in [0.15, 0.2) is 0 Å². The van der Waals surface area contributed by atoms with E-state index in [4.69, 9.17) is 0 Å². The van der Waals surface area contributed by atoms with Crippen LogP contribution in [0.15, 0.2) is 86.5 Å². The molecule has 5 aromatic rings. The van der Waals surface area contributed by atoms with E-state index in [-0.39, 0.29) is 11.8 Å². The molecule has 0 aliphatic rings. The molecule has 232 valence electrons. The van der Waals surface area contributed by atoms with Crippen molar-refractivity contribution >= 4 is 45.3 Å². The maximum absolute atomic E-state index is 13.2. The number of hydrogen-bond acceptors (Lipinski definition) is 4. The highest BCUT2D eigenvalue weighted by Crippen LogP contribution is 2.32. The van der Waals surface area contributed by atoms with Crippen molar-refractivity contribution < 1.29 is 22.8 Å². The Morgan fingerprint density at radius 1 is 0.911 bits per heavy atom. The molecule has 0 saturated carbocycles. The number of anilines is 2. The smallest absolute Gasteiger partial charge is 0.332 e. The van der Waals surface area contributed by atoms with Crippen molar-refractivity contribution in [2.24, 2.45) is 5.92 Å². The molecule has 1 aromatic carbocycles. The van der Waals surface area contributed by atoms with Gasteiger partial charge in [-0.2, -0.15) is 13.2 Å². The van der Waals surface area contributed by atoms with E-state index in [1.54, 1.807) is 10.8 Å². The lowest BCUT2D eigenvalue weighted by atomic mass is 9.98. The lowest BCUT2D eigenvalue weighted by Crippen LogP contribution is -2.08. The van der Waals surface area contributed by atoms with E-state index >= 15 is 0 Å². The van der Waals surface area contributed by atoms with Gasteiger partial charge in [-0.25, -0.2) is 9.97 Å².